The molecule has 8 heteroatoms. The number of amides is 1. The fourth-order valence-corrected chi connectivity index (χ4v) is 3.95. The average Bonchev–Trinajstić information content (AvgIpc) is 3.32. The number of aryl methyl sites for hydroxylation is 2. The Labute approximate surface area is 158 Å². The molecule has 0 radical (unpaired) electrons. The van der Waals surface area contributed by atoms with Gasteiger partial charge in [-0.2, -0.15) is 0 Å². The van der Waals surface area contributed by atoms with E-state index >= 15 is 0 Å². The molecule has 1 unspecified atom stereocenters. The third-order valence-corrected chi connectivity index (χ3v) is 5.55. The van der Waals surface area contributed by atoms with E-state index in [0.717, 1.165) is 60.0 Å². The van der Waals surface area contributed by atoms with Gasteiger partial charge in [0.05, 0.1) is 30.4 Å². The van der Waals surface area contributed by atoms with E-state index in [9.17, 15) is 4.79 Å². The summed E-state index contributed by atoms with van der Waals surface area (Å²) in [5.74, 6) is 2.52. The number of nitrogens with zero attached hydrogens (tertiary/aromatic N) is 4. The molecule has 0 aromatic carbocycles. The fourth-order valence-electron chi connectivity index (χ4n) is 3.95. The van der Waals surface area contributed by atoms with Crippen LogP contribution >= 0.6 is 0 Å². The van der Waals surface area contributed by atoms with Crippen LogP contribution in [0.1, 0.15) is 53.0 Å². The van der Waals surface area contributed by atoms with E-state index in [1.165, 1.54) is 0 Å². The highest BCUT2D eigenvalue weighted by Gasteiger charge is 2.28. The molecule has 8 nitrogen and oxygen atoms in total. The van der Waals surface area contributed by atoms with Crippen LogP contribution in [0.15, 0.2) is 4.52 Å². The first-order chi connectivity index (χ1) is 13.1. The smallest absolute Gasteiger partial charge is 0.227 e. The second-order valence-corrected chi connectivity index (χ2v) is 7.30. The Morgan fingerprint density at radius 1 is 1.37 bits per heavy atom. The van der Waals surface area contributed by atoms with Crippen LogP contribution in [0.3, 0.4) is 0 Å². The quantitative estimate of drug-likeness (QED) is 0.845. The number of hydrogen-bond acceptors (Lipinski definition) is 7. The molecule has 2 aliphatic rings. The largest absolute Gasteiger partial charge is 0.373 e. The van der Waals surface area contributed by atoms with E-state index < -0.39 is 0 Å². The van der Waals surface area contributed by atoms with Gasteiger partial charge in [-0.1, -0.05) is 5.16 Å². The zero-order valence-corrected chi connectivity index (χ0v) is 16.1. The van der Waals surface area contributed by atoms with Crippen molar-refractivity contribution in [1.82, 2.24) is 25.3 Å². The van der Waals surface area contributed by atoms with Crippen molar-refractivity contribution in [2.24, 2.45) is 0 Å². The maximum absolute atomic E-state index is 12.9. The van der Waals surface area contributed by atoms with Crippen molar-refractivity contribution in [2.45, 2.75) is 52.1 Å². The van der Waals surface area contributed by atoms with E-state index in [4.69, 9.17) is 14.5 Å². The Bertz CT molecular complexity index is 837. The van der Waals surface area contributed by atoms with E-state index in [0.29, 0.717) is 25.3 Å². The minimum absolute atomic E-state index is 0.0835. The molecule has 144 valence electrons. The molecular formula is C19H26N6O2. The number of nitrogens with one attached hydrogen (secondary N) is 2. The van der Waals surface area contributed by atoms with Crippen molar-refractivity contribution < 1.29 is 9.32 Å². The average molecular weight is 370 g/mol. The number of aromatic nitrogens is 3. The van der Waals surface area contributed by atoms with Crippen LogP contribution < -0.4 is 10.6 Å². The minimum atomic E-state index is 0.0835. The molecule has 1 saturated heterocycles. The van der Waals surface area contributed by atoms with Gasteiger partial charge in [0.25, 0.3) is 0 Å². The molecule has 2 aromatic rings. The van der Waals surface area contributed by atoms with Crippen LogP contribution in [0.25, 0.3) is 0 Å². The third kappa shape index (κ3) is 3.41. The Balaban J connectivity index is 1.56. The van der Waals surface area contributed by atoms with Crippen LogP contribution in [-0.4, -0.2) is 46.1 Å². The summed E-state index contributed by atoms with van der Waals surface area (Å²) in [6.45, 7) is 5.92. The molecule has 2 aliphatic heterocycles. The highest BCUT2D eigenvalue weighted by molar-refractivity contribution is 5.79. The van der Waals surface area contributed by atoms with Crippen molar-refractivity contribution in [3.05, 3.63) is 34.1 Å². The maximum atomic E-state index is 12.9. The fraction of sp³-hybridized carbons (Fsp3) is 0.579. The van der Waals surface area contributed by atoms with Crippen molar-refractivity contribution in [1.29, 1.82) is 0 Å². The first-order valence-corrected chi connectivity index (χ1v) is 9.57. The van der Waals surface area contributed by atoms with E-state index in [-0.39, 0.29) is 11.9 Å². The molecule has 0 saturated carbocycles. The molecule has 2 N–H and O–H groups in total. The predicted octanol–water partition coefficient (Wildman–Crippen LogP) is 1.68. The van der Waals surface area contributed by atoms with Crippen molar-refractivity contribution in [3.63, 3.8) is 0 Å². The molecule has 1 amide bonds. The van der Waals surface area contributed by atoms with Gasteiger partial charge in [-0.05, 0) is 39.7 Å². The summed E-state index contributed by atoms with van der Waals surface area (Å²) in [5, 5.41) is 10.6. The number of carbonyl (C=O) groups excluding carboxylic acids is 1. The molecule has 27 heavy (non-hydrogen) atoms. The van der Waals surface area contributed by atoms with Gasteiger partial charge < -0.3 is 20.1 Å². The normalized spacial score (nSPS) is 19.2. The molecule has 1 fully saturated rings. The summed E-state index contributed by atoms with van der Waals surface area (Å²) in [6, 6.07) is 0.204. The van der Waals surface area contributed by atoms with Gasteiger partial charge >= 0.3 is 0 Å². The SMILES string of the molecule is CNc1nc(C2CCCN2)nc2c1CCN(C(=O)Cc1c(C)noc1C)C2. The molecule has 0 aliphatic carbocycles. The lowest BCUT2D eigenvalue weighted by molar-refractivity contribution is -0.131. The first-order valence-electron chi connectivity index (χ1n) is 9.57. The molecule has 1 atom stereocenters. The van der Waals surface area contributed by atoms with Gasteiger partial charge in [-0.3, -0.25) is 4.79 Å². The van der Waals surface area contributed by atoms with E-state index in [2.05, 4.69) is 15.8 Å². The number of fused-ring (bicyclic) bond motifs is 1. The zero-order chi connectivity index (χ0) is 19.0. The lowest BCUT2D eigenvalue weighted by Gasteiger charge is -2.30. The summed E-state index contributed by atoms with van der Waals surface area (Å²) in [7, 11) is 1.89. The van der Waals surface area contributed by atoms with Crippen molar-refractivity contribution in [3.8, 4) is 0 Å². The minimum Gasteiger partial charge on any atom is -0.373 e. The van der Waals surface area contributed by atoms with Crippen molar-refractivity contribution in [2.75, 3.05) is 25.5 Å². The summed E-state index contributed by atoms with van der Waals surface area (Å²) in [6.07, 6.45) is 3.27. The number of anilines is 1. The maximum Gasteiger partial charge on any atom is 0.227 e. The van der Waals surface area contributed by atoms with Crippen LogP contribution in [0.4, 0.5) is 5.82 Å². The van der Waals surface area contributed by atoms with Crippen LogP contribution in [0.2, 0.25) is 0 Å². The summed E-state index contributed by atoms with van der Waals surface area (Å²) < 4.78 is 5.19. The highest BCUT2D eigenvalue weighted by atomic mass is 16.5. The zero-order valence-electron chi connectivity index (χ0n) is 16.1. The Morgan fingerprint density at radius 3 is 2.89 bits per heavy atom. The van der Waals surface area contributed by atoms with Crippen LogP contribution in [0.5, 0.6) is 0 Å². The van der Waals surface area contributed by atoms with Gasteiger partial charge in [0.2, 0.25) is 5.91 Å². The predicted molar refractivity (Wildman–Crippen MR) is 100 cm³/mol. The molecule has 2 aromatic heterocycles. The lowest BCUT2D eigenvalue weighted by atomic mass is 10.0. The second kappa shape index (κ2) is 7.26. The Hall–Kier alpha value is -2.48. The Kier molecular flexibility index (Phi) is 4.82. The monoisotopic (exact) mass is 370 g/mol. The second-order valence-electron chi connectivity index (χ2n) is 7.30. The van der Waals surface area contributed by atoms with Gasteiger partial charge in [-0.15, -0.1) is 0 Å². The van der Waals surface area contributed by atoms with Crippen molar-refractivity contribution >= 4 is 11.7 Å². The van der Waals surface area contributed by atoms with Crippen LogP contribution in [-0.2, 0) is 24.2 Å². The molecule has 0 bridgehead atoms. The summed E-state index contributed by atoms with van der Waals surface area (Å²) >= 11 is 0. The van der Waals surface area contributed by atoms with E-state index in [1.807, 2.05) is 25.8 Å². The van der Waals surface area contributed by atoms with Crippen LogP contribution in [0, 0.1) is 13.8 Å². The van der Waals surface area contributed by atoms with Gasteiger partial charge in [0.1, 0.15) is 17.4 Å². The lowest BCUT2D eigenvalue weighted by Crippen LogP contribution is -2.38. The number of rotatable bonds is 4. The first kappa shape index (κ1) is 17.9. The number of hydrogen-bond donors (Lipinski definition) is 2. The highest BCUT2D eigenvalue weighted by Crippen LogP contribution is 2.28. The molecular weight excluding hydrogens is 344 g/mol. The summed E-state index contributed by atoms with van der Waals surface area (Å²) in [5.41, 5.74) is 3.75. The Morgan fingerprint density at radius 2 is 2.22 bits per heavy atom. The molecule has 4 heterocycles. The summed E-state index contributed by atoms with van der Waals surface area (Å²) in [4.78, 5) is 24.3. The molecule has 0 spiro atoms. The number of carbonyl (C=O) groups is 1. The van der Waals surface area contributed by atoms with Gasteiger partial charge in [-0.25, -0.2) is 9.97 Å². The molecule has 4 rings (SSSR count). The third-order valence-electron chi connectivity index (χ3n) is 5.55. The van der Waals surface area contributed by atoms with Gasteiger partial charge in [0, 0.05) is 24.7 Å². The van der Waals surface area contributed by atoms with Gasteiger partial charge in [0.15, 0.2) is 0 Å². The topological polar surface area (TPSA) is 96.2 Å². The standard InChI is InChI=1S/C19H26N6O2/c1-11-14(12(2)27-24-11)9-17(26)25-8-6-13-16(10-25)22-19(23-18(13)20-3)15-5-4-7-21-15/h15,21H,4-10H2,1-3H3,(H,20,22,23). The van der Waals surface area contributed by atoms with E-state index in [1.54, 1.807) is 0 Å².